The lowest BCUT2D eigenvalue weighted by Gasteiger charge is -2.15. The Morgan fingerprint density at radius 1 is 1.47 bits per heavy atom. The molecular formula is C12H13NO2. The molecule has 0 spiro atoms. The van der Waals surface area contributed by atoms with Gasteiger partial charge in [-0.1, -0.05) is 18.2 Å². The summed E-state index contributed by atoms with van der Waals surface area (Å²) in [4.78, 5) is 13.1. The fraction of sp³-hybridized carbons (Fsp3) is 0.250. The topological polar surface area (TPSA) is 29.5 Å². The highest BCUT2D eigenvalue weighted by Crippen LogP contribution is 2.15. The first-order chi connectivity index (χ1) is 7.29. The van der Waals surface area contributed by atoms with Crippen molar-refractivity contribution in [3.8, 4) is 5.75 Å². The lowest BCUT2D eigenvalue weighted by atomic mass is 10.2. The second kappa shape index (κ2) is 4.17. The molecule has 1 amide bonds. The Hall–Kier alpha value is -1.77. The van der Waals surface area contributed by atoms with E-state index in [1.807, 2.05) is 30.3 Å². The van der Waals surface area contributed by atoms with E-state index in [0.29, 0.717) is 13.1 Å². The van der Waals surface area contributed by atoms with E-state index in [-0.39, 0.29) is 5.91 Å². The average molecular weight is 203 g/mol. The molecule has 0 aromatic heterocycles. The summed E-state index contributed by atoms with van der Waals surface area (Å²) in [5.41, 5.74) is 1.09. The molecule has 0 N–H and O–H groups in total. The maximum Gasteiger partial charge on any atom is 0.246 e. The molecule has 1 heterocycles. The molecular weight excluding hydrogens is 190 g/mol. The zero-order chi connectivity index (χ0) is 10.7. The normalized spacial score (nSPS) is 14.7. The van der Waals surface area contributed by atoms with Crippen LogP contribution in [0.2, 0.25) is 0 Å². The summed E-state index contributed by atoms with van der Waals surface area (Å²) in [6.45, 7) is 1.35. The molecule has 78 valence electrons. The standard InChI is InChI=1S/C12H13NO2/c1-15-11-5-2-4-10(8-11)9-13-7-3-6-12(13)14/h2-6,8H,7,9H2,1H3. The molecule has 0 aliphatic carbocycles. The van der Waals surface area contributed by atoms with Crippen molar-refractivity contribution in [2.45, 2.75) is 6.54 Å². The number of methoxy groups -OCH3 is 1. The number of hydrogen-bond acceptors (Lipinski definition) is 2. The van der Waals surface area contributed by atoms with E-state index < -0.39 is 0 Å². The smallest absolute Gasteiger partial charge is 0.246 e. The van der Waals surface area contributed by atoms with E-state index in [1.54, 1.807) is 18.1 Å². The van der Waals surface area contributed by atoms with Crippen molar-refractivity contribution >= 4 is 5.91 Å². The van der Waals surface area contributed by atoms with Gasteiger partial charge in [-0.15, -0.1) is 0 Å². The van der Waals surface area contributed by atoms with Crippen LogP contribution in [0.3, 0.4) is 0 Å². The Bertz CT molecular complexity index is 398. The van der Waals surface area contributed by atoms with Crippen LogP contribution in [-0.2, 0) is 11.3 Å². The number of nitrogens with zero attached hydrogens (tertiary/aromatic N) is 1. The monoisotopic (exact) mass is 203 g/mol. The van der Waals surface area contributed by atoms with Gasteiger partial charge in [0.1, 0.15) is 5.75 Å². The van der Waals surface area contributed by atoms with Crippen LogP contribution >= 0.6 is 0 Å². The van der Waals surface area contributed by atoms with Gasteiger partial charge in [-0.05, 0) is 17.7 Å². The van der Waals surface area contributed by atoms with Crippen LogP contribution in [0.15, 0.2) is 36.4 Å². The molecule has 0 bridgehead atoms. The maximum atomic E-state index is 11.3. The molecule has 3 nitrogen and oxygen atoms in total. The highest BCUT2D eigenvalue weighted by molar-refractivity contribution is 5.89. The van der Waals surface area contributed by atoms with Gasteiger partial charge in [-0.3, -0.25) is 4.79 Å². The third kappa shape index (κ3) is 2.18. The molecule has 1 aromatic rings. The molecule has 0 unspecified atom stereocenters. The number of amides is 1. The molecule has 0 radical (unpaired) electrons. The lowest BCUT2D eigenvalue weighted by Crippen LogP contribution is -2.24. The van der Waals surface area contributed by atoms with Gasteiger partial charge in [0.2, 0.25) is 5.91 Å². The van der Waals surface area contributed by atoms with Crippen LogP contribution in [0.25, 0.3) is 0 Å². The van der Waals surface area contributed by atoms with Crippen molar-refractivity contribution in [2.75, 3.05) is 13.7 Å². The van der Waals surface area contributed by atoms with E-state index in [4.69, 9.17) is 4.74 Å². The molecule has 0 saturated heterocycles. The minimum Gasteiger partial charge on any atom is -0.497 e. The molecule has 1 aliphatic rings. The second-order valence-electron chi connectivity index (χ2n) is 3.47. The van der Waals surface area contributed by atoms with Crippen LogP contribution in [0.5, 0.6) is 5.75 Å². The number of hydrogen-bond donors (Lipinski definition) is 0. The summed E-state index contributed by atoms with van der Waals surface area (Å²) in [5, 5.41) is 0. The van der Waals surface area contributed by atoms with Crippen molar-refractivity contribution in [1.82, 2.24) is 4.90 Å². The molecule has 15 heavy (non-hydrogen) atoms. The molecule has 3 heteroatoms. The van der Waals surface area contributed by atoms with Crippen LogP contribution < -0.4 is 4.74 Å². The van der Waals surface area contributed by atoms with Gasteiger partial charge >= 0.3 is 0 Å². The van der Waals surface area contributed by atoms with Crippen molar-refractivity contribution in [3.63, 3.8) is 0 Å². The molecule has 1 aromatic carbocycles. The molecule has 2 rings (SSSR count). The van der Waals surface area contributed by atoms with Gasteiger partial charge in [0.15, 0.2) is 0 Å². The van der Waals surface area contributed by atoms with Crippen LogP contribution in [0.1, 0.15) is 5.56 Å². The second-order valence-corrected chi connectivity index (χ2v) is 3.47. The molecule has 0 atom stereocenters. The number of rotatable bonds is 3. The minimum atomic E-state index is 0.0813. The van der Waals surface area contributed by atoms with Gasteiger partial charge in [0, 0.05) is 19.2 Å². The SMILES string of the molecule is COc1cccc(CN2CC=CC2=O)c1. The van der Waals surface area contributed by atoms with E-state index in [9.17, 15) is 4.79 Å². The van der Waals surface area contributed by atoms with Gasteiger partial charge in [-0.2, -0.15) is 0 Å². The maximum absolute atomic E-state index is 11.3. The van der Waals surface area contributed by atoms with E-state index in [2.05, 4.69) is 0 Å². The fourth-order valence-electron chi connectivity index (χ4n) is 1.61. The quantitative estimate of drug-likeness (QED) is 0.746. The summed E-state index contributed by atoms with van der Waals surface area (Å²) in [5.74, 6) is 0.907. The summed E-state index contributed by atoms with van der Waals surface area (Å²) < 4.78 is 5.13. The van der Waals surface area contributed by atoms with Crippen molar-refractivity contribution in [1.29, 1.82) is 0 Å². The highest BCUT2D eigenvalue weighted by atomic mass is 16.5. The van der Waals surface area contributed by atoms with Crippen LogP contribution in [0, 0.1) is 0 Å². The van der Waals surface area contributed by atoms with Gasteiger partial charge in [-0.25, -0.2) is 0 Å². The predicted octanol–water partition coefficient (Wildman–Crippen LogP) is 1.59. The van der Waals surface area contributed by atoms with Crippen molar-refractivity contribution in [2.24, 2.45) is 0 Å². The Morgan fingerprint density at radius 3 is 3.00 bits per heavy atom. The Morgan fingerprint density at radius 2 is 2.33 bits per heavy atom. The van der Waals surface area contributed by atoms with E-state index in [0.717, 1.165) is 11.3 Å². The predicted molar refractivity (Wildman–Crippen MR) is 57.6 cm³/mol. The minimum absolute atomic E-state index is 0.0813. The largest absolute Gasteiger partial charge is 0.497 e. The Kier molecular flexibility index (Phi) is 2.72. The van der Waals surface area contributed by atoms with Gasteiger partial charge in [0.05, 0.1) is 7.11 Å². The van der Waals surface area contributed by atoms with Gasteiger partial charge < -0.3 is 9.64 Å². The van der Waals surface area contributed by atoms with Gasteiger partial charge in [0.25, 0.3) is 0 Å². The highest BCUT2D eigenvalue weighted by Gasteiger charge is 2.14. The summed E-state index contributed by atoms with van der Waals surface area (Å²) >= 11 is 0. The average Bonchev–Trinajstić information content (AvgIpc) is 2.65. The fourth-order valence-corrected chi connectivity index (χ4v) is 1.61. The zero-order valence-electron chi connectivity index (χ0n) is 8.64. The van der Waals surface area contributed by atoms with E-state index in [1.165, 1.54) is 0 Å². The van der Waals surface area contributed by atoms with Crippen molar-refractivity contribution < 1.29 is 9.53 Å². The first-order valence-corrected chi connectivity index (χ1v) is 4.88. The Balaban J connectivity index is 2.07. The first kappa shape index (κ1) is 9.77. The third-order valence-corrected chi connectivity index (χ3v) is 2.41. The number of carbonyl (C=O) groups excluding carboxylic acids is 1. The lowest BCUT2D eigenvalue weighted by molar-refractivity contribution is -0.125. The number of carbonyl (C=O) groups is 1. The number of benzene rings is 1. The van der Waals surface area contributed by atoms with Crippen molar-refractivity contribution in [3.05, 3.63) is 42.0 Å². The molecule has 1 aliphatic heterocycles. The van der Waals surface area contributed by atoms with Crippen LogP contribution in [0.4, 0.5) is 0 Å². The number of ether oxygens (including phenoxy) is 1. The molecule has 0 fully saturated rings. The van der Waals surface area contributed by atoms with Crippen LogP contribution in [-0.4, -0.2) is 24.5 Å². The summed E-state index contributed by atoms with van der Waals surface area (Å²) in [6, 6.07) is 7.77. The van der Waals surface area contributed by atoms with E-state index >= 15 is 0 Å². The molecule has 0 saturated carbocycles. The summed E-state index contributed by atoms with van der Waals surface area (Å²) in [7, 11) is 1.64. The first-order valence-electron chi connectivity index (χ1n) is 4.88. The summed E-state index contributed by atoms with van der Waals surface area (Å²) in [6.07, 6.45) is 3.49. The Labute approximate surface area is 89.0 Å². The third-order valence-electron chi connectivity index (χ3n) is 2.41. The zero-order valence-corrected chi connectivity index (χ0v) is 8.64.